The fraction of sp³-hybridized carbons (Fsp3) is 0.632. The predicted octanol–water partition coefficient (Wildman–Crippen LogP) is 3.69. The number of hydrogen-bond acceptors (Lipinski definition) is 3. The van der Waals surface area contributed by atoms with E-state index in [1.54, 1.807) is 6.07 Å². The molecule has 7 heteroatoms. The van der Waals surface area contributed by atoms with Crippen LogP contribution in [0.4, 0.5) is 4.39 Å². The third kappa shape index (κ3) is 7.03. The minimum Gasteiger partial charge on any atom is -0.354 e. The summed E-state index contributed by atoms with van der Waals surface area (Å²) in [6, 6.07) is 6.50. The van der Waals surface area contributed by atoms with Crippen molar-refractivity contribution in [3.63, 3.8) is 0 Å². The Balaban J connectivity index is 0.00000312. The monoisotopic (exact) mass is 407 g/mol. The molecule has 1 atom stereocenters. The van der Waals surface area contributed by atoms with Gasteiger partial charge in [-0.2, -0.15) is 0 Å². The van der Waals surface area contributed by atoms with Gasteiger partial charge in [-0.25, -0.2) is 4.39 Å². The molecule has 0 bridgehead atoms. The van der Waals surface area contributed by atoms with Crippen molar-refractivity contribution < 1.29 is 9.18 Å². The molecule has 26 heavy (non-hydrogen) atoms. The van der Waals surface area contributed by atoms with Crippen LogP contribution >= 0.6 is 24.8 Å². The second-order valence-electron chi connectivity index (χ2n) is 7.28. The number of nitrogens with one attached hydrogen (secondary N) is 1. The summed E-state index contributed by atoms with van der Waals surface area (Å²) in [6.07, 6.45) is 6.14. The molecule has 1 aromatic carbocycles. The fourth-order valence-corrected chi connectivity index (χ4v) is 3.68. The molecule has 1 aliphatic rings. The quantitative estimate of drug-likeness (QED) is 0.724. The third-order valence-electron chi connectivity index (χ3n) is 5.23. The highest BCUT2D eigenvalue weighted by Crippen LogP contribution is 2.38. The lowest BCUT2D eigenvalue weighted by molar-refractivity contribution is -0.124. The first-order valence-corrected chi connectivity index (χ1v) is 8.84. The van der Waals surface area contributed by atoms with Gasteiger partial charge >= 0.3 is 0 Å². The Hall–Kier alpha value is -0.880. The molecule has 1 aliphatic carbocycles. The van der Waals surface area contributed by atoms with Crippen LogP contribution in [0.5, 0.6) is 0 Å². The zero-order valence-electron chi connectivity index (χ0n) is 15.7. The summed E-state index contributed by atoms with van der Waals surface area (Å²) in [6.45, 7) is 1.04. The van der Waals surface area contributed by atoms with Crippen LogP contribution in [-0.4, -0.2) is 38.0 Å². The molecular formula is C19H32Cl2FN3O. The fourth-order valence-electron chi connectivity index (χ4n) is 3.68. The normalized spacial score (nSPS) is 17.0. The van der Waals surface area contributed by atoms with E-state index in [-0.39, 0.29) is 48.0 Å². The van der Waals surface area contributed by atoms with E-state index >= 15 is 0 Å². The summed E-state index contributed by atoms with van der Waals surface area (Å²) in [5.74, 6) is -0.208. The molecular weight excluding hydrogens is 376 g/mol. The molecule has 1 fully saturated rings. The lowest BCUT2D eigenvalue weighted by Gasteiger charge is -2.36. The number of nitrogens with two attached hydrogens (primary N) is 1. The summed E-state index contributed by atoms with van der Waals surface area (Å²) >= 11 is 0. The maximum Gasteiger partial charge on any atom is 0.220 e. The highest BCUT2D eigenvalue weighted by molar-refractivity contribution is 5.85. The van der Waals surface area contributed by atoms with Crippen LogP contribution in [-0.2, 0) is 4.79 Å². The molecule has 1 aromatic rings. The van der Waals surface area contributed by atoms with Crippen molar-refractivity contribution in [3.05, 3.63) is 35.6 Å². The summed E-state index contributed by atoms with van der Waals surface area (Å²) in [4.78, 5) is 14.4. The van der Waals surface area contributed by atoms with Gasteiger partial charge < -0.3 is 16.0 Å². The van der Waals surface area contributed by atoms with Gasteiger partial charge in [0.15, 0.2) is 0 Å². The number of hydrogen-bond donors (Lipinski definition) is 2. The second kappa shape index (κ2) is 11.8. The number of carbonyl (C=O) groups is 1. The molecule has 1 saturated carbocycles. The highest BCUT2D eigenvalue weighted by Gasteiger charge is 2.33. The Labute approximate surface area is 168 Å². The molecule has 0 aliphatic heterocycles. The number of halogens is 3. The van der Waals surface area contributed by atoms with Crippen molar-refractivity contribution >= 4 is 30.7 Å². The van der Waals surface area contributed by atoms with E-state index in [2.05, 4.69) is 5.32 Å². The first kappa shape index (κ1) is 25.1. The van der Waals surface area contributed by atoms with Gasteiger partial charge in [0.05, 0.1) is 6.04 Å². The number of rotatable bonds is 7. The SMILES string of the molecule is CN(C)C(CNC(=O)CC1(CN)CCCCC1)c1cccc(F)c1.Cl.Cl. The van der Waals surface area contributed by atoms with Crippen molar-refractivity contribution in [2.45, 2.75) is 44.6 Å². The third-order valence-corrected chi connectivity index (χ3v) is 5.23. The molecule has 0 saturated heterocycles. The molecule has 150 valence electrons. The first-order valence-electron chi connectivity index (χ1n) is 8.84. The van der Waals surface area contributed by atoms with Crippen LogP contribution in [0.25, 0.3) is 0 Å². The van der Waals surface area contributed by atoms with Crippen LogP contribution in [0.1, 0.15) is 50.1 Å². The minimum absolute atomic E-state index is 0. The molecule has 1 amide bonds. The first-order chi connectivity index (χ1) is 11.5. The summed E-state index contributed by atoms with van der Waals surface area (Å²) in [5.41, 5.74) is 6.80. The van der Waals surface area contributed by atoms with E-state index in [4.69, 9.17) is 5.73 Å². The van der Waals surface area contributed by atoms with Crippen molar-refractivity contribution in [1.82, 2.24) is 10.2 Å². The number of amides is 1. The van der Waals surface area contributed by atoms with Crippen molar-refractivity contribution in [2.24, 2.45) is 11.1 Å². The van der Waals surface area contributed by atoms with Crippen molar-refractivity contribution in [1.29, 1.82) is 0 Å². The van der Waals surface area contributed by atoms with E-state index < -0.39 is 0 Å². The number of nitrogens with zero attached hydrogens (tertiary/aromatic N) is 1. The van der Waals surface area contributed by atoms with Gasteiger partial charge in [0.25, 0.3) is 0 Å². The summed E-state index contributed by atoms with van der Waals surface area (Å²) in [5, 5.41) is 3.03. The minimum atomic E-state index is -0.255. The van der Waals surface area contributed by atoms with Crippen LogP contribution < -0.4 is 11.1 Å². The number of benzene rings is 1. The second-order valence-corrected chi connectivity index (χ2v) is 7.28. The van der Waals surface area contributed by atoms with Crippen LogP contribution in [0.15, 0.2) is 24.3 Å². The average molecular weight is 408 g/mol. The van der Waals surface area contributed by atoms with Gasteiger partial charge in [-0.1, -0.05) is 31.4 Å². The maximum absolute atomic E-state index is 13.5. The van der Waals surface area contributed by atoms with E-state index in [0.717, 1.165) is 31.2 Å². The number of likely N-dealkylation sites (N-methyl/N-ethyl adjacent to an activating group) is 1. The molecule has 3 N–H and O–H groups in total. The summed E-state index contributed by atoms with van der Waals surface area (Å²) in [7, 11) is 3.87. The standard InChI is InChI=1S/C19H30FN3O.2ClH/c1-23(2)17(15-7-6-8-16(20)11-15)13-22-18(24)12-19(14-21)9-4-3-5-10-19;;/h6-8,11,17H,3-5,9-10,12-14,21H2,1-2H3,(H,22,24);2*1H. The Kier molecular flexibility index (Phi) is 11.4. The Morgan fingerprint density at radius 3 is 2.46 bits per heavy atom. The molecule has 0 spiro atoms. The van der Waals surface area contributed by atoms with Gasteiger partial charge in [-0.15, -0.1) is 24.8 Å². The Morgan fingerprint density at radius 2 is 1.92 bits per heavy atom. The molecule has 0 heterocycles. The topological polar surface area (TPSA) is 58.4 Å². The predicted molar refractivity (Wildman–Crippen MR) is 110 cm³/mol. The smallest absolute Gasteiger partial charge is 0.220 e. The van der Waals surface area contributed by atoms with Crippen LogP contribution in [0.2, 0.25) is 0 Å². The van der Waals surface area contributed by atoms with Gasteiger partial charge in [0.1, 0.15) is 5.82 Å². The zero-order chi connectivity index (χ0) is 17.6. The maximum atomic E-state index is 13.5. The lowest BCUT2D eigenvalue weighted by Crippen LogP contribution is -2.41. The zero-order valence-corrected chi connectivity index (χ0v) is 17.3. The Morgan fingerprint density at radius 1 is 1.27 bits per heavy atom. The van der Waals surface area contributed by atoms with E-state index in [1.165, 1.54) is 18.6 Å². The van der Waals surface area contributed by atoms with E-state index in [1.807, 2.05) is 25.1 Å². The lowest BCUT2D eigenvalue weighted by atomic mass is 9.71. The molecule has 1 unspecified atom stereocenters. The van der Waals surface area contributed by atoms with Gasteiger partial charge in [-0.3, -0.25) is 4.79 Å². The van der Waals surface area contributed by atoms with Crippen molar-refractivity contribution in [3.8, 4) is 0 Å². The van der Waals surface area contributed by atoms with E-state index in [9.17, 15) is 9.18 Å². The van der Waals surface area contributed by atoms with Crippen LogP contribution in [0.3, 0.4) is 0 Å². The summed E-state index contributed by atoms with van der Waals surface area (Å²) < 4.78 is 13.5. The van der Waals surface area contributed by atoms with Gasteiger partial charge in [0, 0.05) is 13.0 Å². The largest absolute Gasteiger partial charge is 0.354 e. The molecule has 2 rings (SSSR count). The van der Waals surface area contributed by atoms with Gasteiger partial charge in [-0.05, 0) is 56.6 Å². The molecule has 0 radical (unpaired) electrons. The van der Waals surface area contributed by atoms with Crippen molar-refractivity contribution in [2.75, 3.05) is 27.2 Å². The average Bonchev–Trinajstić information content (AvgIpc) is 2.55. The van der Waals surface area contributed by atoms with Crippen LogP contribution in [0, 0.1) is 11.2 Å². The van der Waals surface area contributed by atoms with Gasteiger partial charge in [0.2, 0.25) is 5.91 Å². The highest BCUT2D eigenvalue weighted by atomic mass is 35.5. The Bertz CT molecular complexity index is 551. The molecule has 4 nitrogen and oxygen atoms in total. The molecule has 0 aromatic heterocycles. The van der Waals surface area contributed by atoms with E-state index in [0.29, 0.717) is 19.5 Å². The number of carbonyl (C=O) groups excluding carboxylic acids is 1.